The zero-order valence-corrected chi connectivity index (χ0v) is 44.6. The van der Waals surface area contributed by atoms with Gasteiger partial charge in [-0.15, -0.1) is 0 Å². The molecule has 3 heterocycles. The maximum absolute atomic E-state index is 10.2. The summed E-state index contributed by atoms with van der Waals surface area (Å²) in [4.78, 5) is 2.36. The van der Waals surface area contributed by atoms with E-state index in [-0.39, 0.29) is 44.7 Å². The van der Waals surface area contributed by atoms with Crippen LogP contribution in [-0.2, 0) is 10.8 Å². The van der Waals surface area contributed by atoms with Crippen molar-refractivity contribution in [2.45, 2.75) is 52.4 Å². The monoisotopic (exact) mass is 1050 g/mol. The molecule has 0 saturated heterocycles. The molecule has 13 rings (SSSR count). The molecule has 0 saturated carbocycles. The summed E-state index contributed by atoms with van der Waals surface area (Å²) in [6.07, 6.45) is 0. The van der Waals surface area contributed by atoms with E-state index in [0.717, 1.165) is 86.9 Å². The minimum atomic E-state index is -0.502. The van der Waals surface area contributed by atoms with E-state index in [9.17, 15) is 16.0 Å². The van der Waals surface area contributed by atoms with Crippen molar-refractivity contribution >= 4 is 85.8 Å². The van der Waals surface area contributed by atoms with Crippen LogP contribution in [0.4, 0.5) is 17.1 Å². The molecule has 0 spiro atoms. The van der Waals surface area contributed by atoms with Crippen molar-refractivity contribution in [2.75, 3.05) is 4.90 Å². The Balaban J connectivity index is 1.21. The summed E-state index contributed by atoms with van der Waals surface area (Å²) < 4.78 is 77.4. The van der Waals surface area contributed by atoms with E-state index in [4.69, 9.17) is 5.48 Å². The van der Waals surface area contributed by atoms with Gasteiger partial charge in [-0.05, 0) is 0 Å². The number of para-hydroxylation sites is 3. The van der Waals surface area contributed by atoms with E-state index in [1.54, 1.807) is 10.6 Å². The van der Waals surface area contributed by atoms with E-state index in [2.05, 4.69) is 156 Å². The number of aromatic nitrogens is 1. The number of nitrogens with zero attached hydrogens (tertiary/aromatic N) is 4. The van der Waals surface area contributed by atoms with Crippen molar-refractivity contribution in [1.82, 2.24) is 4.57 Å². The molecule has 11 aromatic rings. The molecule has 0 radical (unpaired) electrons. The zero-order valence-electron chi connectivity index (χ0n) is 50.9. The molecule has 0 fully saturated rings. The molecule has 362 valence electrons. The average molecular weight is 1050 g/mol. The minimum absolute atomic E-state index is 0.0105. The molecule has 0 aliphatic carbocycles. The first-order chi connectivity index (χ1) is 40.2. The fourth-order valence-corrected chi connectivity index (χ4v) is 13.7. The van der Waals surface area contributed by atoms with Crippen LogP contribution in [0.5, 0.6) is 0 Å². The first kappa shape index (κ1) is 38.9. The van der Waals surface area contributed by atoms with E-state index in [1.807, 2.05) is 60.7 Å². The first-order valence-electron chi connectivity index (χ1n) is 29.5. The van der Waals surface area contributed by atoms with Crippen LogP contribution in [0.15, 0.2) is 212 Å². The second-order valence-electron chi connectivity index (χ2n) is 21.8. The van der Waals surface area contributed by atoms with Gasteiger partial charge in [-0.3, -0.25) is 0 Å². The van der Waals surface area contributed by atoms with E-state index in [0.29, 0.717) is 16.8 Å². The van der Waals surface area contributed by atoms with Gasteiger partial charge in [-0.1, -0.05) is 0 Å². The molecule has 2 aliphatic heterocycles. The van der Waals surface area contributed by atoms with Crippen molar-refractivity contribution in [1.29, 1.82) is 10.5 Å². The van der Waals surface area contributed by atoms with Crippen molar-refractivity contribution in [2.24, 2.45) is 0 Å². The Kier molecular flexibility index (Phi) is 9.23. The Morgan fingerprint density at radius 2 is 1.01 bits per heavy atom. The van der Waals surface area contributed by atoms with Gasteiger partial charge < -0.3 is 0 Å². The number of nitriles is 2. The molecule has 4 nitrogen and oxygen atoms in total. The molecule has 0 N–H and O–H groups in total. The Morgan fingerprint density at radius 1 is 0.474 bits per heavy atom. The van der Waals surface area contributed by atoms with Gasteiger partial charge in [0.1, 0.15) is 0 Å². The maximum atomic E-state index is 10.2. The van der Waals surface area contributed by atoms with Crippen molar-refractivity contribution in [3.63, 3.8) is 0 Å². The van der Waals surface area contributed by atoms with Crippen LogP contribution in [0.1, 0.15) is 74.8 Å². The molecule has 0 bridgehead atoms. The SMILES string of the molecule is [2H]c1c([2H])c([2H])c2c(c1[2H])c1c([2H])c([2H])c([2H])c([2H])c1n2-c1cc2c3c(c1)N(c1c(-c4ccccc4)cccc1-c1ccccc1)c1ccc(-c4cc(C(C)(C)C)cc(C(C)(C)C)c4)cc1B3c1cc(-c3cc(C#N)cc(C#N)c3)ccc1[Se]2. The normalized spacial score (nSPS) is 14.2. The molecule has 0 amide bonds. The van der Waals surface area contributed by atoms with Gasteiger partial charge in [0.25, 0.3) is 0 Å². The third-order valence-electron chi connectivity index (χ3n) is 15.0. The molecule has 10 aromatic carbocycles. The van der Waals surface area contributed by atoms with Crippen LogP contribution in [0.2, 0.25) is 0 Å². The summed E-state index contributed by atoms with van der Waals surface area (Å²) in [6, 6.07) is 57.6. The van der Waals surface area contributed by atoms with Crippen LogP contribution in [-0.4, -0.2) is 26.2 Å². The van der Waals surface area contributed by atoms with Crippen LogP contribution < -0.4 is 30.2 Å². The van der Waals surface area contributed by atoms with Crippen LogP contribution in [0.3, 0.4) is 0 Å². The van der Waals surface area contributed by atoms with E-state index in [1.165, 1.54) is 11.1 Å². The van der Waals surface area contributed by atoms with Gasteiger partial charge in [-0.2, -0.15) is 0 Å². The van der Waals surface area contributed by atoms with Crippen molar-refractivity contribution < 1.29 is 11.0 Å². The van der Waals surface area contributed by atoms with E-state index < -0.39 is 57.9 Å². The predicted octanol–water partition coefficient (Wildman–Crippen LogP) is 14.1. The third-order valence-corrected chi connectivity index (χ3v) is 17.4. The Hall–Kier alpha value is -8.64. The second-order valence-corrected chi connectivity index (χ2v) is 24.1. The standard InChI is InChI=1S/C70H53BN4Se/c1-69(2,3)52-35-51(36-53(39-52)70(4,5)6)48-28-30-63-59(37-48)71-60-38-49(50-33-44(42-72)32-45(34-50)43-73)29-31-65(60)76-66-41-54(74-61-26-15-13-22-57(61)58-23-14-16-27-62(58)74)40-64(67(66)71)75(63)68-55(46-18-9-7-10-19-46)24-17-25-56(68)47-20-11-8-12-21-47/h7-41H,1-6H3/i13D,14D,15D,16D,22D,23D,26D,27D. The summed E-state index contributed by atoms with van der Waals surface area (Å²) in [7, 11) is 0. The molecule has 0 atom stereocenters. The van der Waals surface area contributed by atoms with Gasteiger partial charge in [0.05, 0.1) is 0 Å². The number of benzene rings is 10. The van der Waals surface area contributed by atoms with Crippen LogP contribution in [0, 0.1) is 22.7 Å². The second kappa shape index (κ2) is 18.0. The number of fused-ring (bicyclic) bond motifs is 7. The van der Waals surface area contributed by atoms with Gasteiger partial charge >= 0.3 is 466 Å². The number of anilines is 3. The fraction of sp³-hybridized carbons (Fsp3) is 0.114. The Bertz CT molecular complexity index is 4540. The Labute approximate surface area is 463 Å². The number of hydrogen-bond donors (Lipinski definition) is 0. The predicted molar refractivity (Wildman–Crippen MR) is 320 cm³/mol. The van der Waals surface area contributed by atoms with Gasteiger partial charge in [-0.25, -0.2) is 0 Å². The Morgan fingerprint density at radius 3 is 1.58 bits per heavy atom. The summed E-state index contributed by atoms with van der Waals surface area (Å²) in [6.45, 7) is 13.1. The summed E-state index contributed by atoms with van der Waals surface area (Å²) in [5.41, 5.74) is 16.7. The van der Waals surface area contributed by atoms with Crippen LogP contribution in [0.25, 0.3) is 72.0 Å². The third kappa shape index (κ3) is 7.88. The average Bonchev–Trinajstić information content (AvgIpc) is 1.47. The molecule has 1 aromatic heterocycles. The first-order valence-corrected chi connectivity index (χ1v) is 27.2. The summed E-state index contributed by atoms with van der Waals surface area (Å²) in [5.74, 6) is 0. The quantitative estimate of drug-likeness (QED) is 0.156. The van der Waals surface area contributed by atoms with Gasteiger partial charge in [0.2, 0.25) is 0 Å². The number of hydrogen-bond acceptors (Lipinski definition) is 3. The molecule has 2 aliphatic rings. The fourth-order valence-electron chi connectivity index (χ4n) is 11.2. The van der Waals surface area contributed by atoms with Crippen molar-refractivity contribution in [3.05, 3.63) is 234 Å². The van der Waals surface area contributed by atoms with Gasteiger partial charge in [0.15, 0.2) is 0 Å². The zero-order chi connectivity index (χ0) is 59.0. The van der Waals surface area contributed by atoms with Crippen LogP contribution >= 0.6 is 0 Å². The molecular weight excluding hydrogens is 987 g/mol. The molecular formula is C70H53BN4Se. The molecule has 6 heteroatoms. The van der Waals surface area contributed by atoms with Gasteiger partial charge in [0, 0.05) is 0 Å². The molecule has 0 unspecified atom stereocenters. The summed E-state index contributed by atoms with van der Waals surface area (Å²) in [5, 5.41) is 20.4. The number of rotatable bonds is 6. The summed E-state index contributed by atoms with van der Waals surface area (Å²) >= 11 is -0.446. The topological polar surface area (TPSA) is 55.8 Å². The van der Waals surface area contributed by atoms with E-state index >= 15 is 0 Å². The van der Waals surface area contributed by atoms with Crippen molar-refractivity contribution in [3.8, 4) is 62.3 Å². The molecule has 76 heavy (non-hydrogen) atoms.